The third kappa shape index (κ3) is 4.79. The molecule has 0 radical (unpaired) electrons. The second-order valence-corrected chi connectivity index (χ2v) is 10.8. The van der Waals surface area contributed by atoms with Gasteiger partial charge in [-0.2, -0.15) is 0 Å². The molecule has 3 amide bonds. The summed E-state index contributed by atoms with van der Waals surface area (Å²) in [5.74, 6) is -5.30. The van der Waals surface area contributed by atoms with Crippen LogP contribution in [0, 0.1) is 17.8 Å². The van der Waals surface area contributed by atoms with Crippen molar-refractivity contribution in [2.75, 3.05) is 19.7 Å². The minimum Gasteiger partial charge on any atom is -0.389 e. The lowest BCUT2D eigenvalue weighted by Crippen LogP contribution is -2.53. The highest BCUT2D eigenvalue weighted by molar-refractivity contribution is 6.02. The Kier molecular flexibility index (Phi) is 6.97. The van der Waals surface area contributed by atoms with Crippen molar-refractivity contribution in [3.05, 3.63) is 35.5 Å². The summed E-state index contributed by atoms with van der Waals surface area (Å²) < 4.78 is 28.3. The number of carbonyl (C=O) groups excluding carboxylic acids is 4. The third-order valence-corrected chi connectivity index (χ3v) is 8.33. The number of hydrogen-bond donors (Lipinski definition) is 4. The molecule has 3 aliphatic rings. The zero-order chi connectivity index (χ0) is 27.2. The molecule has 1 aromatic carbocycles. The number of aromatic nitrogens is 1. The van der Waals surface area contributed by atoms with E-state index in [1.807, 2.05) is 0 Å². The molecule has 2 aliphatic heterocycles. The van der Waals surface area contributed by atoms with Gasteiger partial charge in [0.15, 0.2) is 5.78 Å². The van der Waals surface area contributed by atoms with Crippen molar-refractivity contribution in [2.45, 2.75) is 57.0 Å². The van der Waals surface area contributed by atoms with E-state index in [0.717, 1.165) is 26.2 Å². The average Bonchev–Trinajstić information content (AvgIpc) is 3.65. The molecule has 5 rings (SSSR count). The number of amides is 3. The number of likely N-dealkylation sites (tertiary alicyclic amines) is 1. The maximum absolute atomic E-state index is 14.2. The van der Waals surface area contributed by atoms with Gasteiger partial charge in [-0.3, -0.25) is 19.2 Å². The number of aliphatic hydroxyl groups excluding tert-OH is 1. The summed E-state index contributed by atoms with van der Waals surface area (Å²) in [4.78, 5) is 56.3. The van der Waals surface area contributed by atoms with E-state index in [2.05, 4.69) is 15.6 Å². The van der Waals surface area contributed by atoms with Crippen molar-refractivity contribution in [1.82, 2.24) is 20.5 Å². The number of fused-ring (bicyclic) bond motifs is 2. The second-order valence-electron chi connectivity index (χ2n) is 10.8. The summed E-state index contributed by atoms with van der Waals surface area (Å²) in [6, 6.07) is 3.95. The summed E-state index contributed by atoms with van der Waals surface area (Å²) in [7, 11) is 0. The van der Waals surface area contributed by atoms with Crippen LogP contribution in [0.1, 0.15) is 55.1 Å². The SMILES string of the molecule is CC(F)(F)c1cccc2[nH]c(C(=O)N3CC4CCCC4C3C(=O)NC(CC3CCNC3=O)C(=O)CO)cc12. The minimum absolute atomic E-state index is 0.0712. The minimum atomic E-state index is -3.10. The number of nitrogens with one attached hydrogen (secondary N) is 3. The summed E-state index contributed by atoms with van der Waals surface area (Å²) in [6.07, 6.45) is 3.13. The van der Waals surface area contributed by atoms with Crippen molar-refractivity contribution in [1.29, 1.82) is 0 Å². The van der Waals surface area contributed by atoms with Crippen molar-refractivity contribution >= 4 is 34.4 Å². The number of aliphatic hydroxyl groups is 1. The Hall–Kier alpha value is -3.34. The van der Waals surface area contributed by atoms with Crippen molar-refractivity contribution in [2.24, 2.45) is 17.8 Å². The predicted octanol–water partition coefficient (Wildman–Crippen LogP) is 2.09. The van der Waals surface area contributed by atoms with Crippen LogP contribution in [0.4, 0.5) is 8.78 Å². The number of halogens is 2. The quantitative estimate of drug-likeness (QED) is 0.415. The number of carbonyl (C=O) groups is 4. The number of benzene rings is 1. The number of aromatic amines is 1. The molecule has 0 spiro atoms. The molecule has 0 bridgehead atoms. The summed E-state index contributed by atoms with van der Waals surface area (Å²) in [6.45, 7) is 0.857. The number of ketones is 1. The molecular formula is C27H32F2N4O5. The highest BCUT2D eigenvalue weighted by Crippen LogP contribution is 2.43. The van der Waals surface area contributed by atoms with Gasteiger partial charge in [-0.05, 0) is 49.7 Å². The monoisotopic (exact) mass is 530 g/mol. The molecule has 1 aliphatic carbocycles. The van der Waals surface area contributed by atoms with E-state index in [0.29, 0.717) is 25.0 Å². The molecule has 5 atom stereocenters. The number of rotatable bonds is 8. The predicted molar refractivity (Wildman–Crippen MR) is 133 cm³/mol. The van der Waals surface area contributed by atoms with Gasteiger partial charge in [0.05, 0.1) is 6.04 Å². The summed E-state index contributed by atoms with van der Waals surface area (Å²) in [5.41, 5.74) is 0.315. The standard InChI is InChI=1S/C27H32F2N4O5/c1-27(28,29)18-6-3-7-19-17(18)11-21(31-19)26(38)33-12-15-4-2-5-16(15)23(33)25(37)32-20(22(35)13-34)10-14-8-9-30-24(14)36/h3,6-7,11,14-16,20,23,31,34H,2,4-5,8-10,12-13H2,1H3,(H,30,36)(H,32,37). The fourth-order valence-electron chi connectivity index (χ4n) is 6.45. The molecule has 11 heteroatoms. The van der Waals surface area contributed by atoms with Gasteiger partial charge >= 0.3 is 0 Å². The van der Waals surface area contributed by atoms with E-state index in [-0.39, 0.29) is 40.8 Å². The first kappa shape index (κ1) is 26.3. The maximum Gasteiger partial charge on any atom is 0.271 e. The Bertz CT molecular complexity index is 1270. The first-order valence-corrected chi connectivity index (χ1v) is 13.1. The number of H-pyrrole nitrogens is 1. The van der Waals surface area contributed by atoms with Crippen LogP contribution in [0.5, 0.6) is 0 Å². The molecule has 9 nitrogen and oxygen atoms in total. The number of nitrogens with zero attached hydrogens (tertiary/aromatic N) is 1. The van der Waals surface area contributed by atoms with Gasteiger partial charge in [-0.1, -0.05) is 18.6 Å². The van der Waals surface area contributed by atoms with Gasteiger partial charge < -0.3 is 25.6 Å². The number of hydrogen-bond acceptors (Lipinski definition) is 5. The average molecular weight is 531 g/mol. The fraction of sp³-hybridized carbons (Fsp3) is 0.556. The lowest BCUT2D eigenvalue weighted by atomic mass is 9.92. The van der Waals surface area contributed by atoms with Gasteiger partial charge in [0.2, 0.25) is 11.8 Å². The lowest BCUT2D eigenvalue weighted by Gasteiger charge is -2.29. The van der Waals surface area contributed by atoms with Gasteiger partial charge in [0.25, 0.3) is 11.8 Å². The van der Waals surface area contributed by atoms with Gasteiger partial charge in [-0.15, -0.1) is 0 Å². The van der Waals surface area contributed by atoms with Crippen LogP contribution in [0.15, 0.2) is 24.3 Å². The van der Waals surface area contributed by atoms with Crippen LogP contribution >= 0.6 is 0 Å². The Morgan fingerprint density at radius 2 is 2.03 bits per heavy atom. The lowest BCUT2D eigenvalue weighted by molar-refractivity contribution is -0.133. The summed E-state index contributed by atoms with van der Waals surface area (Å²) in [5, 5.41) is 15.2. The Morgan fingerprint density at radius 1 is 1.24 bits per heavy atom. The number of alkyl halides is 2. The van der Waals surface area contributed by atoms with E-state index in [1.165, 1.54) is 23.1 Å². The molecule has 5 unspecified atom stereocenters. The van der Waals surface area contributed by atoms with Crippen LogP contribution in [0.25, 0.3) is 10.9 Å². The van der Waals surface area contributed by atoms with Crippen LogP contribution in [0.2, 0.25) is 0 Å². The van der Waals surface area contributed by atoms with Crippen molar-refractivity contribution in [3.8, 4) is 0 Å². The van der Waals surface area contributed by atoms with E-state index in [4.69, 9.17) is 0 Å². The molecule has 2 aromatic rings. The smallest absolute Gasteiger partial charge is 0.271 e. The van der Waals surface area contributed by atoms with E-state index in [9.17, 15) is 33.1 Å². The normalized spacial score (nSPS) is 25.9. The molecule has 2 saturated heterocycles. The highest BCUT2D eigenvalue weighted by atomic mass is 19.3. The molecular weight excluding hydrogens is 498 g/mol. The molecule has 4 N–H and O–H groups in total. The molecule has 3 heterocycles. The molecule has 204 valence electrons. The van der Waals surface area contributed by atoms with E-state index < -0.39 is 48.1 Å². The Labute approximate surface area is 218 Å². The van der Waals surface area contributed by atoms with Crippen LogP contribution in [-0.4, -0.2) is 70.3 Å². The van der Waals surface area contributed by atoms with Gasteiger partial charge in [0, 0.05) is 42.4 Å². The molecule has 1 aromatic heterocycles. The topological polar surface area (TPSA) is 132 Å². The number of Topliss-reactive ketones (excluding diaryl/α,β-unsaturated/α-hetero) is 1. The van der Waals surface area contributed by atoms with E-state index >= 15 is 0 Å². The zero-order valence-corrected chi connectivity index (χ0v) is 21.1. The third-order valence-electron chi connectivity index (χ3n) is 8.33. The van der Waals surface area contributed by atoms with Crippen LogP contribution < -0.4 is 10.6 Å². The van der Waals surface area contributed by atoms with Crippen LogP contribution in [-0.2, 0) is 20.3 Å². The molecule has 38 heavy (non-hydrogen) atoms. The van der Waals surface area contributed by atoms with Crippen LogP contribution in [0.3, 0.4) is 0 Å². The highest BCUT2D eigenvalue weighted by Gasteiger charge is 2.50. The first-order valence-electron chi connectivity index (χ1n) is 13.1. The fourth-order valence-corrected chi connectivity index (χ4v) is 6.45. The van der Waals surface area contributed by atoms with Gasteiger partial charge in [0.1, 0.15) is 18.3 Å². The van der Waals surface area contributed by atoms with Crippen molar-refractivity contribution < 1.29 is 33.1 Å². The Balaban J connectivity index is 1.41. The van der Waals surface area contributed by atoms with E-state index in [1.54, 1.807) is 6.07 Å². The second kappa shape index (κ2) is 10.1. The molecule has 1 saturated carbocycles. The Morgan fingerprint density at radius 3 is 2.71 bits per heavy atom. The van der Waals surface area contributed by atoms with Crippen molar-refractivity contribution in [3.63, 3.8) is 0 Å². The largest absolute Gasteiger partial charge is 0.389 e. The zero-order valence-electron chi connectivity index (χ0n) is 21.1. The maximum atomic E-state index is 14.2. The first-order chi connectivity index (χ1) is 18.1. The van der Waals surface area contributed by atoms with Gasteiger partial charge in [-0.25, -0.2) is 8.78 Å². The molecule has 3 fully saturated rings. The summed E-state index contributed by atoms with van der Waals surface area (Å²) >= 11 is 0.